The molecule has 1 unspecified atom stereocenters. The van der Waals surface area contributed by atoms with Crippen molar-refractivity contribution in [2.75, 3.05) is 11.1 Å². The number of hydrogen-bond donors (Lipinski definition) is 2. The van der Waals surface area contributed by atoms with Gasteiger partial charge in [-0.05, 0) is 35.7 Å². The number of nitrogen functional groups attached to an aromatic ring is 1. The second kappa shape index (κ2) is 6.23. The summed E-state index contributed by atoms with van der Waals surface area (Å²) in [5, 5.41) is 15.7. The van der Waals surface area contributed by atoms with Crippen LogP contribution in [0.5, 0.6) is 0 Å². The van der Waals surface area contributed by atoms with E-state index in [2.05, 4.69) is 5.32 Å². The Hall–Kier alpha value is -1.79. The predicted octanol–water partition coefficient (Wildman–Crippen LogP) is 3.14. The number of nitrogens with one attached hydrogen (secondary N) is 1. The summed E-state index contributed by atoms with van der Waals surface area (Å²) in [4.78, 5) is 11.3. The van der Waals surface area contributed by atoms with Crippen LogP contribution in [0.2, 0.25) is 0 Å². The van der Waals surface area contributed by atoms with Crippen LogP contribution in [-0.4, -0.2) is 4.92 Å². The van der Waals surface area contributed by atoms with Crippen LogP contribution in [0.3, 0.4) is 0 Å². The molecule has 0 aliphatic carbocycles. The standard InChI is InChI=1S/C11H11N3O2S.ClH/c12-8-3-5-9(6-4-8)13-11(14(15)16)10-2-1-7-17-10;/h1-7,11,13H,12H2;1H. The molecule has 1 aromatic carbocycles. The fourth-order valence-corrected chi connectivity index (χ4v) is 2.16. The molecule has 3 N–H and O–H groups in total. The van der Waals surface area contributed by atoms with Gasteiger partial charge < -0.3 is 11.1 Å². The lowest BCUT2D eigenvalue weighted by atomic mass is 10.2. The summed E-state index contributed by atoms with van der Waals surface area (Å²) in [5.41, 5.74) is 6.86. The number of halogens is 1. The molecule has 2 aromatic rings. The van der Waals surface area contributed by atoms with Crippen molar-refractivity contribution in [3.8, 4) is 0 Å². The molecule has 1 heterocycles. The molecule has 96 valence electrons. The topological polar surface area (TPSA) is 81.2 Å². The summed E-state index contributed by atoms with van der Waals surface area (Å²) in [6.45, 7) is 0. The Morgan fingerprint density at radius 1 is 1.28 bits per heavy atom. The number of nitro groups is 1. The van der Waals surface area contributed by atoms with E-state index in [4.69, 9.17) is 5.73 Å². The van der Waals surface area contributed by atoms with E-state index in [9.17, 15) is 10.1 Å². The lowest BCUT2D eigenvalue weighted by molar-refractivity contribution is -0.520. The van der Waals surface area contributed by atoms with Gasteiger partial charge in [0.2, 0.25) is 0 Å². The van der Waals surface area contributed by atoms with Crippen molar-refractivity contribution < 1.29 is 4.92 Å². The Morgan fingerprint density at radius 2 is 1.94 bits per heavy atom. The average molecular weight is 286 g/mol. The Labute approximate surface area is 114 Å². The van der Waals surface area contributed by atoms with E-state index in [-0.39, 0.29) is 17.3 Å². The van der Waals surface area contributed by atoms with Crippen molar-refractivity contribution >= 4 is 35.1 Å². The van der Waals surface area contributed by atoms with Crippen LogP contribution in [0.25, 0.3) is 0 Å². The van der Waals surface area contributed by atoms with Crippen LogP contribution >= 0.6 is 23.7 Å². The Kier molecular flexibility index (Phi) is 4.94. The molecule has 1 atom stereocenters. The monoisotopic (exact) mass is 285 g/mol. The van der Waals surface area contributed by atoms with E-state index >= 15 is 0 Å². The molecule has 0 aliphatic rings. The summed E-state index contributed by atoms with van der Waals surface area (Å²) in [5.74, 6) is 0. The van der Waals surface area contributed by atoms with Crippen LogP contribution in [-0.2, 0) is 0 Å². The highest BCUT2D eigenvalue weighted by atomic mass is 35.5. The lowest BCUT2D eigenvalue weighted by Crippen LogP contribution is -2.18. The van der Waals surface area contributed by atoms with Crippen molar-refractivity contribution in [2.45, 2.75) is 6.17 Å². The van der Waals surface area contributed by atoms with Crippen molar-refractivity contribution in [2.24, 2.45) is 0 Å². The van der Waals surface area contributed by atoms with E-state index in [1.54, 1.807) is 36.4 Å². The van der Waals surface area contributed by atoms with Gasteiger partial charge >= 0.3 is 6.17 Å². The second-order valence-electron chi connectivity index (χ2n) is 3.47. The molecule has 0 amide bonds. The minimum absolute atomic E-state index is 0. The molecule has 0 spiro atoms. The van der Waals surface area contributed by atoms with Gasteiger partial charge in [-0.25, -0.2) is 0 Å². The van der Waals surface area contributed by atoms with E-state index in [1.807, 2.05) is 5.38 Å². The third-order valence-electron chi connectivity index (χ3n) is 2.24. The molecular weight excluding hydrogens is 274 g/mol. The third-order valence-corrected chi connectivity index (χ3v) is 3.16. The van der Waals surface area contributed by atoms with E-state index < -0.39 is 6.17 Å². The first-order chi connectivity index (χ1) is 8.16. The zero-order valence-electron chi connectivity index (χ0n) is 9.28. The van der Waals surface area contributed by atoms with Crippen LogP contribution in [0.15, 0.2) is 41.8 Å². The van der Waals surface area contributed by atoms with Gasteiger partial charge in [-0.15, -0.1) is 23.7 Å². The number of anilines is 2. The summed E-state index contributed by atoms with van der Waals surface area (Å²) < 4.78 is 0. The van der Waals surface area contributed by atoms with Gasteiger partial charge in [-0.3, -0.25) is 10.1 Å². The molecule has 0 saturated heterocycles. The molecule has 1 aromatic heterocycles. The number of nitrogens with two attached hydrogens (primary N) is 1. The van der Waals surface area contributed by atoms with Crippen molar-refractivity contribution in [3.05, 3.63) is 56.8 Å². The Bertz CT molecular complexity index is 502. The third kappa shape index (κ3) is 3.35. The van der Waals surface area contributed by atoms with Crippen molar-refractivity contribution in [1.82, 2.24) is 0 Å². The second-order valence-corrected chi connectivity index (χ2v) is 4.45. The fourth-order valence-electron chi connectivity index (χ4n) is 1.41. The normalized spacial score (nSPS) is 11.3. The number of thiophene rings is 1. The molecule has 2 rings (SSSR count). The first kappa shape index (κ1) is 14.3. The summed E-state index contributed by atoms with van der Waals surface area (Å²) >= 11 is 1.35. The Morgan fingerprint density at radius 3 is 2.44 bits per heavy atom. The summed E-state index contributed by atoms with van der Waals surface area (Å²) in [7, 11) is 0. The maximum absolute atomic E-state index is 11.0. The van der Waals surface area contributed by atoms with Crippen LogP contribution < -0.4 is 11.1 Å². The SMILES string of the molecule is Cl.Nc1ccc(NC(c2cccs2)[N+](=O)[O-])cc1. The van der Waals surface area contributed by atoms with E-state index in [1.165, 1.54) is 11.3 Å². The lowest BCUT2D eigenvalue weighted by Gasteiger charge is -2.11. The minimum Gasteiger partial charge on any atom is -0.399 e. The average Bonchev–Trinajstić information content (AvgIpc) is 2.81. The van der Waals surface area contributed by atoms with Gasteiger partial charge in [0.1, 0.15) is 0 Å². The van der Waals surface area contributed by atoms with Crippen LogP contribution in [0, 0.1) is 10.1 Å². The van der Waals surface area contributed by atoms with Gasteiger partial charge in [-0.1, -0.05) is 6.07 Å². The minimum atomic E-state index is -0.918. The molecule has 5 nitrogen and oxygen atoms in total. The fraction of sp³-hybridized carbons (Fsp3) is 0.0909. The molecule has 7 heteroatoms. The number of benzene rings is 1. The van der Waals surface area contributed by atoms with E-state index in [0.717, 1.165) is 0 Å². The maximum Gasteiger partial charge on any atom is 0.319 e. The predicted molar refractivity (Wildman–Crippen MR) is 75.8 cm³/mol. The molecule has 0 aliphatic heterocycles. The van der Waals surface area contributed by atoms with Crippen LogP contribution in [0.1, 0.15) is 11.0 Å². The molecule has 0 radical (unpaired) electrons. The molecule has 18 heavy (non-hydrogen) atoms. The van der Waals surface area contributed by atoms with Crippen molar-refractivity contribution in [1.29, 1.82) is 0 Å². The summed E-state index contributed by atoms with van der Waals surface area (Å²) in [6.07, 6.45) is -0.918. The molecule has 0 saturated carbocycles. The Balaban J connectivity index is 0.00000162. The quantitative estimate of drug-likeness (QED) is 0.391. The molecule has 0 bridgehead atoms. The highest BCUT2D eigenvalue weighted by Crippen LogP contribution is 2.24. The number of nitrogens with zero attached hydrogens (tertiary/aromatic N) is 1. The van der Waals surface area contributed by atoms with Crippen molar-refractivity contribution in [3.63, 3.8) is 0 Å². The smallest absolute Gasteiger partial charge is 0.319 e. The molecular formula is C11H12ClN3O2S. The maximum atomic E-state index is 11.0. The van der Waals surface area contributed by atoms with Gasteiger partial charge in [0.15, 0.2) is 0 Å². The van der Waals surface area contributed by atoms with Gasteiger partial charge in [0.05, 0.1) is 9.80 Å². The van der Waals surface area contributed by atoms with Gasteiger partial charge in [0.25, 0.3) is 0 Å². The number of hydrogen-bond acceptors (Lipinski definition) is 5. The first-order valence-corrected chi connectivity index (χ1v) is 5.84. The summed E-state index contributed by atoms with van der Waals surface area (Å²) in [6, 6.07) is 10.4. The highest BCUT2D eigenvalue weighted by molar-refractivity contribution is 7.10. The zero-order chi connectivity index (χ0) is 12.3. The van der Waals surface area contributed by atoms with E-state index in [0.29, 0.717) is 16.3 Å². The largest absolute Gasteiger partial charge is 0.399 e. The van der Waals surface area contributed by atoms with Gasteiger partial charge in [-0.2, -0.15) is 0 Å². The number of rotatable bonds is 4. The zero-order valence-corrected chi connectivity index (χ0v) is 10.9. The van der Waals surface area contributed by atoms with Crippen LogP contribution in [0.4, 0.5) is 11.4 Å². The van der Waals surface area contributed by atoms with Gasteiger partial charge in [0, 0.05) is 11.4 Å². The first-order valence-electron chi connectivity index (χ1n) is 4.96. The highest BCUT2D eigenvalue weighted by Gasteiger charge is 2.23. The molecule has 0 fully saturated rings.